The predicted octanol–water partition coefficient (Wildman–Crippen LogP) is 4.49. The second-order valence-electron chi connectivity index (χ2n) is 5.93. The van der Waals surface area contributed by atoms with Crippen molar-refractivity contribution in [2.24, 2.45) is 0 Å². The quantitative estimate of drug-likeness (QED) is 0.892. The summed E-state index contributed by atoms with van der Waals surface area (Å²) in [5.74, 6) is 2.51. The molecule has 2 atom stereocenters. The molecule has 0 saturated carbocycles. The molecule has 0 amide bonds. The summed E-state index contributed by atoms with van der Waals surface area (Å²) >= 11 is 2.06. The highest BCUT2D eigenvalue weighted by atomic mass is 32.2. The van der Waals surface area contributed by atoms with E-state index in [1.807, 2.05) is 0 Å². The van der Waals surface area contributed by atoms with E-state index in [2.05, 4.69) is 79.5 Å². The summed E-state index contributed by atoms with van der Waals surface area (Å²) in [4.78, 5) is 0. The van der Waals surface area contributed by atoms with E-state index in [0.29, 0.717) is 12.1 Å². The maximum absolute atomic E-state index is 3.90. The van der Waals surface area contributed by atoms with E-state index in [-0.39, 0.29) is 0 Å². The van der Waals surface area contributed by atoms with Crippen molar-refractivity contribution in [1.29, 1.82) is 0 Å². The van der Waals surface area contributed by atoms with Gasteiger partial charge in [0, 0.05) is 11.8 Å². The Kier molecular flexibility index (Phi) is 4.67. The lowest BCUT2D eigenvalue weighted by Crippen LogP contribution is -2.33. The molecule has 3 rings (SSSR count). The van der Waals surface area contributed by atoms with Crippen LogP contribution in [0, 0.1) is 13.8 Å². The lowest BCUT2D eigenvalue weighted by molar-refractivity contribution is 0.504. The zero-order valence-electron chi connectivity index (χ0n) is 12.8. The van der Waals surface area contributed by atoms with Crippen LogP contribution in [0.3, 0.4) is 0 Å². The minimum absolute atomic E-state index is 0.301. The smallest absolute Gasteiger partial charge is 0.0581 e. The molecule has 2 heteroatoms. The molecule has 0 aromatic heterocycles. The molecule has 1 nitrogen and oxygen atoms in total. The number of rotatable bonds is 4. The molecular weight excluding hydrogens is 274 g/mol. The van der Waals surface area contributed by atoms with Crippen LogP contribution >= 0.6 is 11.8 Å². The molecule has 2 aromatic rings. The van der Waals surface area contributed by atoms with Gasteiger partial charge in [-0.15, -0.1) is 0 Å². The molecule has 1 N–H and O–H groups in total. The molecule has 0 aliphatic carbocycles. The Labute approximate surface area is 132 Å². The Morgan fingerprint density at radius 2 is 1.90 bits per heavy atom. The van der Waals surface area contributed by atoms with Crippen LogP contribution in [-0.2, 0) is 0 Å². The van der Waals surface area contributed by atoms with E-state index in [9.17, 15) is 0 Å². The van der Waals surface area contributed by atoms with Gasteiger partial charge in [-0.2, -0.15) is 11.8 Å². The Morgan fingerprint density at radius 3 is 2.62 bits per heavy atom. The van der Waals surface area contributed by atoms with Crippen molar-refractivity contribution >= 4 is 11.8 Å². The molecule has 0 radical (unpaired) electrons. The molecule has 2 aromatic carbocycles. The number of hydrogen-bond donors (Lipinski definition) is 1. The van der Waals surface area contributed by atoms with Crippen LogP contribution in [0.2, 0.25) is 0 Å². The first-order chi connectivity index (χ1) is 10.2. The van der Waals surface area contributed by atoms with Crippen LogP contribution in [0.15, 0.2) is 48.5 Å². The summed E-state index contributed by atoms with van der Waals surface area (Å²) in [5, 5.41) is 3.90. The van der Waals surface area contributed by atoms with Gasteiger partial charge < -0.3 is 5.32 Å². The SMILES string of the molecule is Cc1ccc(C)c(C(NC2CCSC2)c2ccccc2)c1. The summed E-state index contributed by atoms with van der Waals surface area (Å²) in [6.07, 6.45) is 1.28. The first-order valence-electron chi connectivity index (χ1n) is 7.70. The fraction of sp³-hybridized carbons (Fsp3) is 0.368. The van der Waals surface area contributed by atoms with E-state index >= 15 is 0 Å². The van der Waals surface area contributed by atoms with E-state index < -0.39 is 0 Å². The van der Waals surface area contributed by atoms with Crippen molar-refractivity contribution in [3.63, 3.8) is 0 Å². The summed E-state index contributed by atoms with van der Waals surface area (Å²) in [7, 11) is 0. The summed E-state index contributed by atoms with van der Waals surface area (Å²) in [5.41, 5.74) is 5.48. The number of nitrogens with one attached hydrogen (secondary N) is 1. The molecule has 110 valence electrons. The Hall–Kier alpha value is -1.25. The normalized spacial score (nSPS) is 19.6. The van der Waals surface area contributed by atoms with Gasteiger partial charge in [-0.05, 0) is 42.7 Å². The Balaban J connectivity index is 1.96. The number of aryl methyl sites for hydroxylation is 2. The molecule has 1 saturated heterocycles. The zero-order valence-corrected chi connectivity index (χ0v) is 13.6. The third-order valence-corrected chi connectivity index (χ3v) is 5.37. The Bertz CT molecular complexity index is 588. The Morgan fingerprint density at radius 1 is 1.10 bits per heavy atom. The van der Waals surface area contributed by atoms with Crippen LogP contribution in [0.5, 0.6) is 0 Å². The molecule has 21 heavy (non-hydrogen) atoms. The fourth-order valence-electron chi connectivity index (χ4n) is 2.98. The van der Waals surface area contributed by atoms with Crippen molar-refractivity contribution in [1.82, 2.24) is 5.32 Å². The predicted molar refractivity (Wildman–Crippen MR) is 93.1 cm³/mol. The van der Waals surface area contributed by atoms with Gasteiger partial charge in [0.05, 0.1) is 6.04 Å². The number of benzene rings is 2. The third kappa shape index (κ3) is 3.50. The highest BCUT2D eigenvalue weighted by molar-refractivity contribution is 7.99. The van der Waals surface area contributed by atoms with Crippen molar-refractivity contribution in [2.45, 2.75) is 32.4 Å². The van der Waals surface area contributed by atoms with Gasteiger partial charge in [0.1, 0.15) is 0 Å². The second-order valence-corrected chi connectivity index (χ2v) is 7.08. The third-order valence-electron chi connectivity index (χ3n) is 4.21. The first kappa shape index (κ1) is 14.7. The van der Waals surface area contributed by atoms with Crippen molar-refractivity contribution in [3.05, 3.63) is 70.8 Å². The van der Waals surface area contributed by atoms with Gasteiger partial charge in [0.15, 0.2) is 0 Å². The fourth-order valence-corrected chi connectivity index (χ4v) is 4.15. The van der Waals surface area contributed by atoms with Crippen LogP contribution in [-0.4, -0.2) is 17.5 Å². The average Bonchev–Trinajstić information content (AvgIpc) is 3.01. The van der Waals surface area contributed by atoms with E-state index in [1.54, 1.807) is 0 Å². The molecule has 2 unspecified atom stereocenters. The summed E-state index contributed by atoms with van der Waals surface area (Å²) in [6, 6.07) is 18.5. The lowest BCUT2D eigenvalue weighted by Gasteiger charge is -2.25. The number of hydrogen-bond acceptors (Lipinski definition) is 2. The van der Waals surface area contributed by atoms with Crippen molar-refractivity contribution < 1.29 is 0 Å². The highest BCUT2D eigenvalue weighted by Crippen LogP contribution is 2.28. The van der Waals surface area contributed by atoms with Gasteiger partial charge >= 0.3 is 0 Å². The van der Waals surface area contributed by atoms with E-state index in [4.69, 9.17) is 0 Å². The van der Waals surface area contributed by atoms with Crippen LogP contribution < -0.4 is 5.32 Å². The highest BCUT2D eigenvalue weighted by Gasteiger charge is 2.22. The van der Waals surface area contributed by atoms with Gasteiger partial charge in [-0.25, -0.2) is 0 Å². The molecule has 1 fully saturated rings. The van der Waals surface area contributed by atoms with Crippen LogP contribution in [0.25, 0.3) is 0 Å². The van der Waals surface area contributed by atoms with Gasteiger partial charge in [-0.3, -0.25) is 0 Å². The monoisotopic (exact) mass is 297 g/mol. The largest absolute Gasteiger partial charge is 0.303 e. The van der Waals surface area contributed by atoms with E-state index in [0.717, 1.165) is 0 Å². The number of thioether (sulfide) groups is 1. The van der Waals surface area contributed by atoms with Gasteiger partial charge in [-0.1, -0.05) is 54.1 Å². The zero-order chi connectivity index (χ0) is 14.7. The standard InChI is InChI=1S/C19H23NS/c1-14-8-9-15(2)18(12-14)19(16-6-4-3-5-7-16)20-17-10-11-21-13-17/h3-9,12,17,19-20H,10-11,13H2,1-2H3. The molecule has 1 aliphatic heterocycles. The van der Waals surface area contributed by atoms with Crippen LogP contribution in [0.4, 0.5) is 0 Å². The van der Waals surface area contributed by atoms with Crippen LogP contribution in [0.1, 0.15) is 34.7 Å². The van der Waals surface area contributed by atoms with Crippen molar-refractivity contribution in [2.75, 3.05) is 11.5 Å². The van der Waals surface area contributed by atoms with E-state index in [1.165, 1.54) is 40.2 Å². The maximum atomic E-state index is 3.90. The molecular formula is C19H23NS. The summed E-state index contributed by atoms with van der Waals surface area (Å²) in [6.45, 7) is 4.40. The minimum atomic E-state index is 0.301. The minimum Gasteiger partial charge on any atom is -0.303 e. The second kappa shape index (κ2) is 6.67. The van der Waals surface area contributed by atoms with Gasteiger partial charge in [0.2, 0.25) is 0 Å². The van der Waals surface area contributed by atoms with Gasteiger partial charge in [0.25, 0.3) is 0 Å². The average molecular weight is 297 g/mol. The molecule has 1 aliphatic rings. The topological polar surface area (TPSA) is 12.0 Å². The molecule has 1 heterocycles. The molecule has 0 bridgehead atoms. The summed E-state index contributed by atoms with van der Waals surface area (Å²) < 4.78 is 0. The maximum Gasteiger partial charge on any atom is 0.0581 e. The first-order valence-corrected chi connectivity index (χ1v) is 8.85. The molecule has 0 spiro atoms. The van der Waals surface area contributed by atoms with Crippen molar-refractivity contribution in [3.8, 4) is 0 Å². The lowest BCUT2D eigenvalue weighted by atomic mass is 9.93.